The van der Waals surface area contributed by atoms with E-state index in [-0.39, 0.29) is 23.3 Å². The molecule has 3 rings (SSSR count). The molecule has 0 saturated heterocycles. The second kappa shape index (κ2) is 11.5. The molecule has 0 saturated carbocycles. The Kier molecular flexibility index (Phi) is 8.42. The van der Waals surface area contributed by atoms with E-state index >= 15 is 0 Å². The van der Waals surface area contributed by atoms with Crippen molar-refractivity contribution < 1.29 is 19.2 Å². The standard InChI is InChI=1S/C23H26N6O5S/c1-5-28-21(15(3)24-22(31)16-7-10-18(34-4)11-8-16)26-27-23(28)35-13-20(30)25-19-12-17(29(32)33)9-6-14(19)2/h6-12,15H,5,13H2,1-4H3,(H,24,31)(H,25,30)/t15-/m1/s1. The molecule has 35 heavy (non-hydrogen) atoms. The van der Waals surface area contributed by atoms with E-state index in [2.05, 4.69) is 20.8 Å². The molecule has 0 fully saturated rings. The monoisotopic (exact) mass is 498 g/mol. The van der Waals surface area contributed by atoms with E-state index in [0.29, 0.717) is 34.5 Å². The molecule has 1 aromatic heterocycles. The van der Waals surface area contributed by atoms with Gasteiger partial charge in [-0.2, -0.15) is 0 Å². The number of aryl methyl sites for hydroxylation is 1. The van der Waals surface area contributed by atoms with E-state index in [1.807, 2.05) is 18.4 Å². The third-order valence-electron chi connectivity index (χ3n) is 5.19. The third kappa shape index (κ3) is 6.35. The van der Waals surface area contributed by atoms with Gasteiger partial charge in [-0.3, -0.25) is 19.7 Å². The smallest absolute Gasteiger partial charge is 0.271 e. The Hall–Kier alpha value is -3.93. The lowest BCUT2D eigenvalue weighted by atomic mass is 10.2. The van der Waals surface area contributed by atoms with Crippen LogP contribution in [0.2, 0.25) is 0 Å². The molecule has 2 amide bonds. The van der Waals surface area contributed by atoms with Gasteiger partial charge in [0.2, 0.25) is 5.91 Å². The predicted molar refractivity (Wildman–Crippen MR) is 132 cm³/mol. The fourth-order valence-corrected chi connectivity index (χ4v) is 4.10. The highest BCUT2D eigenvalue weighted by molar-refractivity contribution is 7.99. The van der Waals surface area contributed by atoms with Crippen molar-refractivity contribution in [3.05, 3.63) is 69.5 Å². The lowest BCUT2D eigenvalue weighted by Gasteiger charge is -2.15. The molecule has 1 atom stereocenters. The third-order valence-corrected chi connectivity index (χ3v) is 6.15. The number of anilines is 1. The number of benzene rings is 2. The van der Waals surface area contributed by atoms with Crippen LogP contribution < -0.4 is 15.4 Å². The molecule has 1 heterocycles. The molecule has 184 valence electrons. The minimum Gasteiger partial charge on any atom is -0.497 e. The highest BCUT2D eigenvalue weighted by atomic mass is 32.2. The average Bonchev–Trinajstić information content (AvgIpc) is 3.27. The van der Waals surface area contributed by atoms with Crippen LogP contribution >= 0.6 is 11.8 Å². The number of nitrogens with zero attached hydrogens (tertiary/aromatic N) is 4. The van der Waals surface area contributed by atoms with Gasteiger partial charge in [-0.05, 0) is 50.6 Å². The summed E-state index contributed by atoms with van der Waals surface area (Å²) in [4.78, 5) is 35.6. The van der Waals surface area contributed by atoms with E-state index < -0.39 is 11.0 Å². The van der Waals surface area contributed by atoms with Gasteiger partial charge in [0.05, 0.1) is 29.5 Å². The van der Waals surface area contributed by atoms with E-state index in [4.69, 9.17) is 4.74 Å². The molecule has 3 aromatic rings. The number of hydrogen-bond donors (Lipinski definition) is 2. The maximum atomic E-state index is 12.6. The number of hydrogen-bond acceptors (Lipinski definition) is 8. The number of rotatable bonds is 10. The van der Waals surface area contributed by atoms with E-state index in [0.717, 1.165) is 5.56 Å². The predicted octanol–water partition coefficient (Wildman–Crippen LogP) is 3.75. The van der Waals surface area contributed by atoms with Crippen molar-refractivity contribution in [1.82, 2.24) is 20.1 Å². The summed E-state index contributed by atoms with van der Waals surface area (Å²) in [6.45, 7) is 6.03. The van der Waals surface area contributed by atoms with Crippen molar-refractivity contribution in [1.29, 1.82) is 0 Å². The number of nitrogens with one attached hydrogen (secondary N) is 2. The summed E-state index contributed by atoms with van der Waals surface area (Å²) < 4.78 is 6.94. The Bertz CT molecular complexity index is 1230. The van der Waals surface area contributed by atoms with Crippen LogP contribution in [0.3, 0.4) is 0 Å². The Morgan fingerprint density at radius 1 is 1.20 bits per heavy atom. The van der Waals surface area contributed by atoms with Gasteiger partial charge in [-0.1, -0.05) is 17.8 Å². The first kappa shape index (κ1) is 25.7. The molecule has 0 spiro atoms. The van der Waals surface area contributed by atoms with Gasteiger partial charge in [0, 0.05) is 24.2 Å². The average molecular weight is 499 g/mol. The zero-order valence-electron chi connectivity index (χ0n) is 19.8. The van der Waals surface area contributed by atoms with Crippen molar-refractivity contribution >= 4 is 35.0 Å². The normalized spacial score (nSPS) is 11.5. The van der Waals surface area contributed by atoms with E-state index in [1.54, 1.807) is 44.4 Å². The molecule has 0 unspecified atom stereocenters. The van der Waals surface area contributed by atoms with Gasteiger partial charge >= 0.3 is 0 Å². The Morgan fingerprint density at radius 3 is 2.54 bits per heavy atom. The molecule has 0 radical (unpaired) electrons. The summed E-state index contributed by atoms with van der Waals surface area (Å²) in [6.07, 6.45) is 0. The first-order valence-electron chi connectivity index (χ1n) is 10.8. The first-order chi connectivity index (χ1) is 16.7. The van der Waals surface area contributed by atoms with Gasteiger partial charge in [0.15, 0.2) is 11.0 Å². The highest BCUT2D eigenvalue weighted by Gasteiger charge is 2.20. The Labute approximate surface area is 206 Å². The summed E-state index contributed by atoms with van der Waals surface area (Å²) in [7, 11) is 1.56. The molecular formula is C23H26N6O5S. The van der Waals surface area contributed by atoms with Crippen molar-refractivity contribution in [3.8, 4) is 5.75 Å². The maximum absolute atomic E-state index is 12.6. The van der Waals surface area contributed by atoms with Crippen LogP contribution in [0, 0.1) is 17.0 Å². The summed E-state index contributed by atoms with van der Waals surface area (Å²) >= 11 is 1.19. The van der Waals surface area contributed by atoms with Crippen LogP contribution in [0.25, 0.3) is 0 Å². The number of aromatic nitrogens is 3. The quantitative estimate of drug-likeness (QED) is 0.245. The summed E-state index contributed by atoms with van der Waals surface area (Å²) in [5.74, 6) is 0.671. The number of methoxy groups -OCH3 is 1. The number of carbonyl (C=O) groups is 2. The maximum Gasteiger partial charge on any atom is 0.271 e. The molecule has 2 N–H and O–H groups in total. The Morgan fingerprint density at radius 2 is 1.91 bits per heavy atom. The number of nitro groups is 1. The van der Waals surface area contributed by atoms with Crippen LogP contribution in [0.15, 0.2) is 47.6 Å². The number of nitro benzene ring substituents is 1. The number of carbonyl (C=O) groups excluding carboxylic acids is 2. The minimum atomic E-state index is -0.510. The molecule has 0 aliphatic rings. The van der Waals surface area contributed by atoms with Gasteiger partial charge in [0.1, 0.15) is 5.75 Å². The molecule has 0 bridgehead atoms. The Balaban J connectivity index is 1.63. The largest absolute Gasteiger partial charge is 0.497 e. The van der Waals surface area contributed by atoms with Gasteiger partial charge in [0.25, 0.3) is 11.6 Å². The summed E-state index contributed by atoms with van der Waals surface area (Å²) in [6, 6.07) is 10.7. The molecule has 11 nitrogen and oxygen atoms in total. The number of non-ortho nitro benzene ring substituents is 1. The number of thioether (sulfide) groups is 1. The van der Waals surface area contributed by atoms with Crippen LogP contribution in [0.5, 0.6) is 5.75 Å². The van der Waals surface area contributed by atoms with Crippen molar-refractivity contribution in [2.75, 3.05) is 18.2 Å². The SMILES string of the molecule is CCn1c(SCC(=O)Nc2cc([N+](=O)[O-])ccc2C)nnc1[C@@H](C)NC(=O)c1ccc(OC)cc1. The lowest BCUT2D eigenvalue weighted by molar-refractivity contribution is -0.384. The van der Waals surface area contributed by atoms with E-state index in [1.165, 1.54) is 23.9 Å². The second-order valence-electron chi connectivity index (χ2n) is 7.60. The highest BCUT2D eigenvalue weighted by Crippen LogP contribution is 2.24. The van der Waals surface area contributed by atoms with Crippen LogP contribution in [0.1, 0.15) is 41.6 Å². The fraction of sp³-hybridized carbons (Fsp3) is 0.304. The second-order valence-corrected chi connectivity index (χ2v) is 8.54. The molecule has 0 aliphatic carbocycles. The zero-order valence-corrected chi connectivity index (χ0v) is 20.6. The van der Waals surface area contributed by atoms with Gasteiger partial charge in [-0.25, -0.2) is 0 Å². The van der Waals surface area contributed by atoms with E-state index in [9.17, 15) is 19.7 Å². The van der Waals surface area contributed by atoms with Crippen molar-refractivity contribution in [2.45, 2.75) is 38.5 Å². The number of amides is 2. The first-order valence-corrected chi connectivity index (χ1v) is 11.8. The fourth-order valence-electron chi connectivity index (χ4n) is 3.29. The van der Waals surface area contributed by atoms with Gasteiger partial charge < -0.3 is 19.9 Å². The van der Waals surface area contributed by atoms with Crippen molar-refractivity contribution in [2.24, 2.45) is 0 Å². The van der Waals surface area contributed by atoms with Crippen LogP contribution in [0.4, 0.5) is 11.4 Å². The van der Waals surface area contributed by atoms with Crippen molar-refractivity contribution in [3.63, 3.8) is 0 Å². The molecule has 0 aliphatic heterocycles. The molecule has 2 aromatic carbocycles. The minimum absolute atomic E-state index is 0.0346. The van der Waals surface area contributed by atoms with Crippen LogP contribution in [-0.2, 0) is 11.3 Å². The molecule has 12 heteroatoms. The zero-order chi connectivity index (χ0) is 25.5. The number of ether oxygens (including phenoxy) is 1. The summed E-state index contributed by atoms with van der Waals surface area (Å²) in [5.41, 5.74) is 1.49. The topological polar surface area (TPSA) is 141 Å². The van der Waals surface area contributed by atoms with Crippen LogP contribution in [-0.4, -0.2) is 44.4 Å². The van der Waals surface area contributed by atoms with Gasteiger partial charge in [-0.15, -0.1) is 10.2 Å². The molecular weight excluding hydrogens is 472 g/mol. The lowest BCUT2D eigenvalue weighted by Crippen LogP contribution is -2.28. The summed E-state index contributed by atoms with van der Waals surface area (Å²) in [5, 5.41) is 25.5.